The van der Waals surface area contributed by atoms with E-state index in [1.807, 2.05) is 9.80 Å². The first-order valence-electron chi connectivity index (χ1n) is 11.4. The van der Waals surface area contributed by atoms with Crippen molar-refractivity contribution >= 4 is 17.3 Å². The maximum absolute atomic E-state index is 14.9. The number of ether oxygens (including phenoxy) is 2. The summed E-state index contributed by atoms with van der Waals surface area (Å²) in [4.78, 5) is 15.1. The van der Waals surface area contributed by atoms with Crippen LogP contribution >= 0.6 is 0 Å². The van der Waals surface area contributed by atoms with Gasteiger partial charge in [0.25, 0.3) is 0 Å². The molecule has 0 radical (unpaired) electrons. The number of anilines is 2. The van der Waals surface area contributed by atoms with E-state index in [0.29, 0.717) is 55.5 Å². The lowest BCUT2D eigenvalue weighted by Crippen LogP contribution is -2.38. The summed E-state index contributed by atoms with van der Waals surface area (Å²) in [5.41, 5.74) is 1.18. The predicted molar refractivity (Wildman–Crippen MR) is 122 cm³/mol. The van der Waals surface area contributed by atoms with Crippen LogP contribution in [0.15, 0.2) is 36.4 Å². The molecule has 0 amide bonds. The third-order valence-electron chi connectivity index (χ3n) is 6.51. The van der Waals surface area contributed by atoms with Crippen LogP contribution in [0.4, 0.5) is 20.2 Å². The summed E-state index contributed by atoms with van der Waals surface area (Å²) >= 11 is 0. The predicted octanol–water partition coefficient (Wildman–Crippen LogP) is 4.71. The van der Waals surface area contributed by atoms with Gasteiger partial charge in [0, 0.05) is 56.3 Å². The van der Waals surface area contributed by atoms with E-state index in [-0.39, 0.29) is 30.1 Å². The zero-order valence-electron chi connectivity index (χ0n) is 19.0. The molecule has 0 spiro atoms. The monoisotopic (exact) mass is 460 g/mol. The van der Waals surface area contributed by atoms with Gasteiger partial charge in [-0.25, -0.2) is 8.78 Å². The number of carbonyl (C=O) groups is 1. The van der Waals surface area contributed by atoms with Crippen LogP contribution < -0.4 is 19.3 Å². The Morgan fingerprint density at radius 3 is 2.55 bits per heavy atom. The Labute approximate surface area is 192 Å². The Balaban J connectivity index is 1.38. The van der Waals surface area contributed by atoms with E-state index in [1.54, 1.807) is 31.4 Å². The van der Waals surface area contributed by atoms with Crippen molar-refractivity contribution in [3.05, 3.63) is 48.0 Å². The average molecular weight is 461 g/mol. The normalized spacial score (nSPS) is 21.3. The Morgan fingerprint density at radius 2 is 1.88 bits per heavy atom. The topological polar surface area (TPSA) is 62.2 Å². The molecule has 2 heterocycles. The third-order valence-corrected chi connectivity index (χ3v) is 6.51. The highest BCUT2D eigenvalue weighted by Gasteiger charge is 2.32. The fraction of sp³-hybridized carbons (Fsp3) is 0.480. The Bertz CT molecular complexity index is 994. The minimum atomic E-state index is -0.848. The van der Waals surface area contributed by atoms with Crippen molar-refractivity contribution in [2.45, 2.75) is 44.8 Å². The van der Waals surface area contributed by atoms with Crippen LogP contribution in [0.2, 0.25) is 0 Å². The molecule has 6 nitrogen and oxygen atoms in total. The van der Waals surface area contributed by atoms with Gasteiger partial charge < -0.3 is 24.4 Å². The van der Waals surface area contributed by atoms with Gasteiger partial charge in [-0.2, -0.15) is 0 Å². The van der Waals surface area contributed by atoms with Crippen molar-refractivity contribution in [3.63, 3.8) is 0 Å². The van der Waals surface area contributed by atoms with Gasteiger partial charge in [-0.15, -0.1) is 0 Å². The number of piperidine rings is 1. The number of methoxy groups -OCH3 is 1. The molecule has 0 aromatic heterocycles. The highest BCUT2D eigenvalue weighted by atomic mass is 19.1. The lowest BCUT2D eigenvalue weighted by molar-refractivity contribution is -0.137. The summed E-state index contributed by atoms with van der Waals surface area (Å²) in [5.74, 6) is -0.457. The quantitative estimate of drug-likeness (QED) is 0.646. The Morgan fingerprint density at radius 1 is 1.12 bits per heavy atom. The summed E-state index contributed by atoms with van der Waals surface area (Å²) in [6, 6.07) is 9.40. The molecule has 2 aliphatic heterocycles. The van der Waals surface area contributed by atoms with E-state index in [4.69, 9.17) is 9.47 Å². The van der Waals surface area contributed by atoms with Gasteiger partial charge >= 0.3 is 5.97 Å². The maximum Gasteiger partial charge on any atom is 0.305 e. The van der Waals surface area contributed by atoms with Crippen molar-refractivity contribution in [1.29, 1.82) is 0 Å². The molecular formula is C25H30F2N2O4. The first-order valence-corrected chi connectivity index (χ1v) is 11.4. The number of halogens is 2. The minimum absolute atomic E-state index is 0.0384. The molecule has 2 aromatic rings. The van der Waals surface area contributed by atoms with E-state index >= 15 is 0 Å². The van der Waals surface area contributed by atoms with Crippen molar-refractivity contribution < 1.29 is 28.2 Å². The third kappa shape index (κ3) is 5.31. The number of carboxylic acid groups (broad SMARTS) is 1. The molecule has 0 aliphatic carbocycles. The minimum Gasteiger partial charge on any atom is -0.497 e. The summed E-state index contributed by atoms with van der Waals surface area (Å²) < 4.78 is 40.3. The van der Waals surface area contributed by atoms with Crippen LogP contribution in [-0.2, 0) is 4.79 Å². The van der Waals surface area contributed by atoms with Gasteiger partial charge in [-0.05, 0) is 36.6 Å². The van der Waals surface area contributed by atoms with Gasteiger partial charge in [-0.1, -0.05) is 6.92 Å². The zero-order chi connectivity index (χ0) is 23.5. The van der Waals surface area contributed by atoms with Gasteiger partial charge in [-0.3, -0.25) is 4.79 Å². The summed E-state index contributed by atoms with van der Waals surface area (Å²) in [7, 11) is 1.55. The molecule has 2 fully saturated rings. The number of hydrogen-bond acceptors (Lipinski definition) is 5. The Kier molecular flexibility index (Phi) is 6.91. The average Bonchev–Trinajstić information content (AvgIpc) is 3.15. The molecular weight excluding hydrogens is 430 g/mol. The molecule has 2 aromatic carbocycles. The smallest absolute Gasteiger partial charge is 0.305 e. The van der Waals surface area contributed by atoms with E-state index < -0.39 is 11.8 Å². The lowest BCUT2D eigenvalue weighted by atomic mass is 10.1. The SMILES string of the molecule is COc1ccc(F)c(N2CCC(Oc3ccc(N4C[C@H](C)C[C@@H]4CC(=O)O)cc3F)CC2)c1. The molecule has 33 heavy (non-hydrogen) atoms. The molecule has 2 saturated heterocycles. The first kappa shape index (κ1) is 23.1. The zero-order valence-corrected chi connectivity index (χ0v) is 19.0. The fourth-order valence-electron chi connectivity index (χ4n) is 4.88. The maximum atomic E-state index is 14.9. The number of carboxylic acids is 1. The highest BCUT2D eigenvalue weighted by Crippen LogP contribution is 2.34. The van der Waals surface area contributed by atoms with Crippen LogP contribution in [0.25, 0.3) is 0 Å². The van der Waals surface area contributed by atoms with Crippen molar-refractivity contribution in [3.8, 4) is 11.5 Å². The number of hydrogen-bond donors (Lipinski definition) is 1. The molecule has 0 unspecified atom stereocenters. The highest BCUT2D eigenvalue weighted by molar-refractivity contribution is 5.69. The molecule has 178 valence electrons. The van der Waals surface area contributed by atoms with Crippen LogP contribution in [0.3, 0.4) is 0 Å². The van der Waals surface area contributed by atoms with Crippen LogP contribution in [0.5, 0.6) is 11.5 Å². The summed E-state index contributed by atoms with van der Waals surface area (Å²) in [6.45, 7) is 3.97. The molecule has 8 heteroatoms. The van der Waals surface area contributed by atoms with Crippen molar-refractivity contribution in [2.75, 3.05) is 36.5 Å². The van der Waals surface area contributed by atoms with Crippen molar-refractivity contribution in [1.82, 2.24) is 0 Å². The molecule has 4 rings (SSSR count). The van der Waals surface area contributed by atoms with E-state index in [9.17, 15) is 18.7 Å². The number of aliphatic carboxylic acids is 1. The van der Waals surface area contributed by atoms with E-state index in [1.165, 1.54) is 12.1 Å². The fourth-order valence-corrected chi connectivity index (χ4v) is 4.88. The molecule has 2 aliphatic rings. The Hall–Kier alpha value is -3.03. The molecule has 1 N–H and O–H groups in total. The standard InChI is InChI=1S/C25H30F2N2O4/c1-16-11-18(13-25(30)31)29(15-16)17-3-6-24(22(27)12-17)33-19-7-9-28(10-8-19)23-14-20(32-2)4-5-21(23)26/h3-6,12,14,16,18-19H,7-11,13,15H2,1-2H3,(H,30,31)/t16-,18-/m1/s1. The molecule has 0 bridgehead atoms. The van der Waals surface area contributed by atoms with Gasteiger partial charge in [0.1, 0.15) is 17.7 Å². The second-order valence-corrected chi connectivity index (χ2v) is 8.98. The van der Waals surface area contributed by atoms with Gasteiger partial charge in [0.05, 0.1) is 19.2 Å². The number of rotatable bonds is 7. The van der Waals surface area contributed by atoms with E-state index in [0.717, 1.165) is 6.42 Å². The lowest BCUT2D eigenvalue weighted by Gasteiger charge is -2.34. The van der Waals surface area contributed by atoms with Crippen molar-refractivity contribution in [2.24, 2.45) is 5.92 Å². The van der Waals surface area contributed by atoms with Gasteiger partial charge in [0.15, 0.2) is 11.6 Å². The second-order valence-electron chi connectivity index (χ2n) is 8.98. The molecule has 2 atom stereocenters. The first-order chi connectivity index (χ1) is 15.8. The largest absolute Gasteiger partial charge is 0.497 e. The van der Waals surface area contributed by atoms with Crippen LogP contribution in [0, 0.1) is 17.6 Å². The van der Waals surface area contributed by atoms with Gasteiger partial charge in [0.2, 0.25) is 0 Å². The second kappa shape index (κ2) is 9.85. The van der Waals surface area contributed by atoms with E-state index in [2.05, 4.69) is 6.92 Å². The number of benzene rings is 2. The summed E-state index contributed by atoms with van der Waals surface area (Å²) in [5, 5.41) is 9.19. The van der Waals surface area contributed by atoms with Crippen LogP contribution in [0.1, 0.15) is 32.6 Å². The summed E-state index contributed by atoms with van der Waals surface area (Å²) in [6.07, 6.45) is 1.93. The van der Waals surface area contributed by atoms with Crippen LogP contribution in [-0.4, -0.2) is 50.0 Å². The number of nitrogens with zero attached hydrogens (tertiary/aromatic N) is 2. The molecule has 0 saturated carbocycles.